The van der Waals surface area contributed by atoms with Crippen LogP contribution in [0.5, 0.6) is 0 Å². The Labute approximate surface area is 262 Å². The second kappa shape index (κ2) is 11.8. The standard InChI is InChI=1S/C38H44N4O2/c1-9-39-33-25-32-34(26-31(33)37(5,6)35(39)21-23-41(27(3)43)29-17-13-11-14-18-29)40(10-2)36(38(32,7)8)22-24-42(28(4)44)30-19-15-12-16-20-30/h11-26H,9-10H2,1-8H3/q+2. The number of hydrogen-bond acceptors (Lipinski definition) is 2. The maximum atomic E-state index is 12.6. The average Bonchev–Trinajstić information content (AvgIpc) is 3.34. The minimum absolute atomic E-state index is 0.0320. The van der Waals surface area contributed by atoms with Crippen molar-refractivity contribution in [3.8, 4) is 0 Å². The van der Waals surface area contributed by atoms with Crippen LogP contribution in [0.3, 0.4) is 0 Å². The Bertz CT molecular complexity index is 1600. The number of para-hydroxylation sites is 2. The molecule has 2 aliphatic heterocycles. The van der Waals surface area contributed by atoms with Gasteiger partial charge < -0.3 is 0 Å². The van der Waals surface area contributed by atoms with Crippen molar-refractivity contribution in [1.82, 2.24) is 0 Å². The van der Waals surface area contributed by atoms with Gasteiger partial charge in [-0.25, -0.2) is 0 Å². The van der Waals surface area contributed by atoms with Gasteiger partial charge in [0.2, 0.25) is 23.2 Å². The van der Waals surface area contributed by atoms with Gasteiger partial charge in [0.25, 0.3) is 0 Å². The van der Waals surface area contributed by atoms with Gasteiger partial charge in [0, 0.05) is 73.0 Å². The third-order valence-electron chi connectivity index (χ3n) is 9.05. The lowest BCUT2D eigenvalue weighted by molar-refractivity contribution is -0.436. The van der Waals surface area contributed by atoms with Crippen LogP contribution < -0.4 is 9.80 Å². The van der Waals surface area contributed by atoms with Crippen LogP contribution in [0.25, 0.3) is 0 Å². The molecule has 2 heterocycles. The molecule has 0 N–H and O–H groups in total. The van der Waals surface area contributed by atoms with E-state index < -0.39 is 0 Å². The molecule has 0 fully saturated rings. The number of fused-ring (bicyclic) bond motifs is 2. The van der Waals surface area contributed by atoms with E-state index in [0.717, 1.165) is 35.9 Å². The minimum atomic E-state index is -0.281. The first-order chi connectivity index (χ1) is 20.9. The van der Waals surface area contributed by atoms with Gasteiger partial charge in [0.1, 0.15) is 13.1 Å². The van der Waals surface area contributed by atoms with Gasteiger partial charge in [-0.2, -0.15) is 9.15 Å². The van der Waals surface area contributed by atoms with Crippen molar-refractivity contribution >= 4 is 46.0 Å². The molecule has 0 bridgehead atoms. The topological polar surface area (TPSA) is 46.6 Å². The van der Waals surface area contributed by atoms with Crippen LogP contribution in [0.15, 0.2) is 97.3 Å². The summed E-state index contributed by atoms with van der Waals surface area (Å²) in [5.74, 6) is -0.0640. The number of rotatable bonds is 8. The normalized spacial score (nSPS) is 16.5. The molecule has 5 rings (SSSR count). The van der Waals surface area contributed by atoms with E-state index in [-0.39, 0.29) is 22.6 Å². The summed E-state index contributed by atoms with van der Waals surface area (Å²) in [6.07, 6.45) is 8.02. The van der Waals surface area contributed by atoms with Crippen molar-refractivity contribution < 1.29 is 18.7 Å². The maximum absolute atomic E-state index is 12.6. The Balaban J connectivity index is 1.58. The summed E-state index contributed by atoms with van der Waals surface area (Å²) < 4.78 is 4.75. The molecule has 2 aliphatic rings. The van der Waals surface area contributed by atoms with Crippen molar-refractivity contribution in [2.24, 2.45) is 0 Å². The molecule has 0 aliphatic carbocycles. The summed E-state index contributed by atoms with van der Waals surface area (Å²) in [7, 11) is 0. The fourth-order valence-electron chi connectivity index (χ4n) is 6.73. The van der Waals surface area contributed by atoms with Crippen molar-refractivity contribution in [2.75, 3.05) is 22.9 Å². The lowest BCUT2D eigenvalue weighted by atomic mass is 9.77. The second-order valence-corrected chi connectivity index (χ2v) is 12.5. The maximum Gasteiger partial charge on any atom is 0.227 e. The fourth-order valence-corrected chi connectivity index (χ4v) is 6.73. The number of nitrogens with zero attached hydrogens (tertiary/aromatic N) is 4. The van der Waals surface area contributed by atoms with E-state index in [1.807, 2.05) is 73.1 Å². The molecule has 6 nitrogen and oxygen atoms in total. The smallest absolute Gasteiger partial charge is 0.227 e. The first kappa shape index (κ1) is 30.9. The molecule has 0 saturated heterocycles. The molecule has 0 spiro atoms. The Hall–Kier alpha value is -4.58. The van der Waals surface area contributed by atoms with E-state index in [9.17, 15) is 9.59 Å². The lowest BCUT2D eigenvalue weighted by Crippen LogP contribution is -2.30. The number of carbonyl (C=O) groups excluding carboxylic acids is 2. The first-order valence-corrected chi connectivity index (χ1v) is 15.5. The lowest BCUT2D eigenvalue weighted by Gasteiger charge is -2.19. The zero-order valence-electron chi connectivity index (χ0n) is 27.3. The molecule has 0 aromatic heterocycles. The number of allylic oxidation sites excluding steroid dienone is 2. The fraction of sp³-hybridized carbons (Fsp3) is 0.316. The molecule has 0 saturated carbocycles. The van der Waals surface area contributed by atoms with E-state index in [1.54, 1.807) is 23.6 Å². The van der Waals surface area contributed by atoms with Crippen LogP contribution in [0.1, 0.15) is 66.5 Å². The van der Waals surface area contributed by atoms with Crippen molar-refractivity contribution in [3.63, 3.8) is 0 Å². The number of amides is 2. The molecular formula is C38H44N4O2+2. The Kier molecular flexibility index (Phi) is 8.30. The Morgan fingerprint density at radius 3 is 1.27 bits per heavy atom. The molecule has 3 aromatic carbocycles. The highest BCUT2D eigenvalue weighted by Crippen LogP contribution is 2.49. The first-order valence-electron chi connectivity index (χ1n) is 15.5. The van der Waals surface area contributed by atoms with Crippen LogP contribution in [0.4, 0.5) is 22.7 Å². The molecule has 2 amide bonds. The molecule has 3 aromatic rings. The molecule has 6 heteroatoms. The van der Waals surface area contributed by atoms with E-state index >= 15 is 0 Å². The summed E-state index contributed by atoms with van der Waals surface area (Å²) >= 11 is 0. The number of hydrogen-bond donors (Lipinski definition) is 0. The van der Waals surface area contributed by atoms with Crippen molar-refractivity contribution in [2.45, 2.75) is 66.2 Å². The quantitative estimate of drug-likeness (QED) is 0.254. The van der Waals surface area contributed by atoms with Crippen LogP contribution in [0, 0.1) is 0 Å². The van der Waals surface area contributed by atoms with Gasteiger partial charge in [0.05, 0.1) is 10.8 Å². The highest BCUT2D eigenvalue weighted by molar-refractivity contribution is 6.07. The zero-order chi connectivity index (χ0) is 31.8. The van der Waals surface area contributed by atoms with E-state index in [4.69, 9.17) is 0 Å². The SMILES string of the molecule is CC[N+]1=C(C=CN(C(C)=O)c2ccccc2)C(C)(C)c2cc3c(cc21)C(C)(C)C(C=CN(C(C)=O)c1ccccc1)=[N+]3CC. The largest absolute Gasteiger partial charge is 0.288 e. The highest BCUT2D eigenvalue weighted by Gasteiger charge is 2.50. The number of carbonyl (C=O) groups is 2. The summed E-state index contributed by atoms with van der Waals surface area (Å²) in [6, 6.07) is 24.2. The van der Waals surface area contributed by atoms with Gasteiger partial charge >= 0.3 is 0 Å². The predicted octanol–water partition coefficient (Wildman–Crippen LogP) is 7.61. The Morgan fingerprint density at radius 2 is 0.977 bits per heavy atom. The third kappa shape index (κ3) is 5.23. The summed E-state index contributed by atoms with van der Waals surface area (Å²) in [5, 5.41) is 0. The second-order valence-electron chi connectivity index (χ2n) is 12.5. The molecule has 44 heavy (non-hydrogen) atoms. The highest BCUT2D eigenvalue weighted by atomic mass is 16.2. The van der Waals surface area contributed by atoms with Crippen LogP contribution >= 0.6 is 0 Å². The van der Waals surface area contributed by atoms with E-state index in [2.05, 4.69) is 75.0 Å². The summed E-state index contributed by atoms with van der Waals surface area (Å²) in [4.78, 5) is 28.6. The molecular weight excluding hydrogens is 544 g/mol. The Morgan fingerprint density at radius 1 is 0.636 bits per heavy atom. The monoisotopic (exact) mass is 588 g/mol. The van der Waals surface area contributed by atoms with Crippen LogP contribution in [-0.4, -0.2) is 45.5 Å². The molecule has 226 valence electrons. The van der Waals surface area contributed by atoms with Gasteiger partial charge in [-0.05, 0) is 65.8 Å². The minimum Gasteiger partial charge on any atom is -0.288 e. The van der Waals surface area contributed by atoms with Gasteiger partial charge in [-0.3, -0.25) is 19.4 Å². The van der Waals surface area contributed by atoms with E-state index in [0.29, 0.717) is 0 Å². The summed E-state index contributed by atoms with van der Waals surface area (Å²) in [6.45, 7) is 18.2. The van der Waals surface area contributed by atoms with Crippen LogP contribution in [-0.2, 0) is 20.4 Å². The summed E-state index contributed by atoms with van der Waals surface area (Å²) in [5.41, 5.74) is 8.38. The third-order valence-corrected chi connectivity index (χ3v) is 9.05. The van der Waals surface area contributed by atoms with Crippen molar-refractivity contribution in [1.29, 1.82) is 0 Å². The van der Waals surface area contributed by atoms with Crippen LogP contribution in [0.2, 0.25) is 0 Å². The number of benzene rings is 3. The molecule has 0 radical (unpaired) electrons. The van der Waals surface area contributed by atoms with E-state index in [1.165, 1.54) is 22.5 Å². The van der Waals surface area contributed by atoms with Crippen molar-refractivity contribution in [3.05, 3.63) is 108 Å². The predicted molar refractivity (Wildman–Crippen MR) is 181 cm³/mol. The molecule has 0 unspecified atom stereocenters. The molecule has 0 atom stereocenters. The van der Waals surface area contributed by atoms with Gasteiger partial charge in [0.15, 0.2) is 11.4 Å². The van der Waals surface area contributed by atoms with Gasteiger partial charge in [-0.15, -0.1) is 0 Å². The number of anilines is 2. The zero-order valence-corrected chi connectivity index (χ0v) is 27.3. The average molecular weight is 589 g/mol. The van der Waals surface area contributed by atoms with Gasteiger partial charge in [-0.1, -0.05) is 36.4 Å².